The highest BCUT2D eigenvalue weighted by Gasteiger charge is 2.31. The van der Waals surface area contributed by atoms with Gasteiger partial charge in [0.2, 0.25) is 5.91 Å². The minimum atomic E-state index is -1.07. The summed E-state index contributed by atoms with van der Waals surface area (Å²) < 4.78 is 13.8. The van der Waals surface area contributed by atoms with Gasteiger partial charge in [-0.05, 0) is 26.0 Å². The first kappa shape index (κ1) is 12.7. The second-order valence-electron chi connectivity index (χ2n) is 4.00. The Hall–Kier alpha value is -1.35. The van der Waals surface area contributed by atoms with Crippen molar-refractivity contribution in [2.45, 2.75) is 13.8 Å². The summed E-state index contributed by atoms with van der Waals surface area (Å²) in [7, 11) is 0. The summed E-state index contributed by atoms with van der Waals surface area (Å²) in [6, 6.07) is 0. The van der Waals surface area contributed by atoms with Crippen LogP contribution in [0.2, 0.25) is 0 Å². The number of carbonyl (C=O) groups is 1. The summed E-state index contributed by atoms with van der Waals surface area (Å²) in [6.07, 6.45) is 7.54. The Labute approximate surface area is 99.0 Å². The molecule has 0 heterocycles. The van der Waals surface area contributed by atoms with Crippen molar-refractivity contribution in [1.29, 1.82) is 0 Å². The van der Waals surface area contributed by atoms with Gasteiger partial charge in [0.05, 0.1) is 5.41 Å². The molecule has 0 radical (unpaired) electrons. The van der Waals surface area contributed by atoms with Crippen molar-refractivity contribution in [3.63, 3.8) is 0 Å². The third-order valence-corrected chi connectivity index (χ3v) is 2.68. The molecule has 0 fully saturated rings. The van der Waals surface area contributed by atoms with E-state index in [9.17, 15) is 9.18 Å². The lowest BCUT2D eigenvalue weighted by Gasteiger charge is -2.22. The van der Waals surface area contributed by atoms with Gasteiger partial charge in [-0.25, -0.2) is 4.39 Å². The summed E-state index contributed by atoms with van der Waals surface area (Å²) in [4.78, 5) is 11.3. The van der Waals surface area contributed by atoms with Gasteiger partial charge in [0.1, 0.15) is 5.83 Å². The molecule has 1 aliphatic carbocycles. The van der Waals surface area contributed by atoms with Crippen molar-refractivity contribution < 1.29 is 9.18 Å². The lowest BCUT2D eigenvalue weighted by Crippen LogP contribution is -2.33. The fourth-order valence-electron chi connectivity index (χ4n) is 1.27. The normalized spacial score (nSPS) is 22.1. The van der Waals surface area contributed by atoms with Crippen LogP contribution in [0.3, 0.4) is 0 Å². The van der Waals surface area contributed by atoms with Gasteiger partial charge in [-0.1, -0.05) is 29.8 Å². The van der Waals surface area contributed by atoms with Crippen LogP contribution in [0.1, 0.15) is 13.8 Å². The van der Waals surface area contributed by atoms with E-state index in [4.69, 9.17) is 17.3 Å². The number of primary amides is 1. The van der Waals surface area contributed by atoms with Crippen LogP contribution in [0.5, 0.6) is 0 Å². The van der Waals surface area contributed by atoms with E-state index in [0.717, 1.165) is 0 Å². The molecule has 0 saturated heterocycles. The maximum absolute atomic E-state index is 13.8. The molecule has 0 aliphatic heterocycles. The molecule has 2 nitrogen and oxygen atoms in total. The van der Waals surface area contributed by atoms with Gasteiger partial charge >= 0.3 is 0 Å². The van der Waals surface area contributed by atoms with Gasteiger partial charge in [0.25, 0.3) is 0 Å². The Morgan fingerprint density at radius 3 is 2.50 bits per heavy atom. The topological polar surface area (TPSA) is 43.1 Å². The SMILES string of the molecule is CC(C)(C(N)=O)C1=C(F)/C=C(Cl)\C=C\C=C1. The molecule has 86 valence electrons. The molecule has 0 spiro atoms. The van der Waals surface area contributed by atoms with Crippen molar-refractivity contribution in [3.8, 4) is 0 Å². The Morgan fingerprint density at radius 2 is 1.94 bits per heavy atom. The first-order valence-electron chi connectivity index (χ1n) is 4.78. The molecule has 2 N–H and O–H groups in total. The standard InChI is InChI=1S/C12H13ClFNO/c1-12(2,11(15)16)9-6-4-3-5-8(13)7-10(9)14/h3-7H,1-2H3,(H2,15,16)/b4-3?,5-3+,6-4?,8-5?,8-7+,9-6?,10-7?,10-9?. The van der Waals surface area contributed by atoms with E-state index >= 15 is 0 Å². The van der Waals surface area contributed by atoms with Crippen LogP contribution in [0, 0.1) is 5.41 Å². The predicted molar refractivity (Wildman–Crippen MR) is 63.3 cm³/mol. The van der Waals surface area contributed by atoms with Crippen molar-refractivity contribution in [2.24, 2.45) is 11.1 Å². The second kappa shape index (κ2) is 4.66. The van der Waals surface area contributed by atoms with E-state index in [1.807, 2.05) is 0 Å². The maximum Gasteiger partial charge on any atom is 0.227 e. The average Bonchev–Trinajstić information content (AvgIpc) is 2.13. The highest BCUT2D eigenvalue weighted by molar-refractivity contribution is 6.31. The third-order valence-electron chi connectivity index (χ3n) is 2.44. The lowest BCUT2D eigenvalue weighted by molar-refractivity contribution is -0.124. The highest BCUT2D eigenvalue weighted by atomic mass is 35.5. The van der Waals surface area contributed by atoms with Gasteiger partial charge in [-0.2, -0.15) is 0 Å². The summed E-state index contributed by atoms with van der Waals surface area (Å²) in [5, 5.41) is 0.264. The molecule has 0 atom stereocenters. The molecule has 1 amide bonds. The average molecular weight is 242 g/mol. The van der Waals surface area contributed by atoms with Crippen LogP contribution in [-0.4, -0.2) is 5.91 Å². The van der Waals surface area contributed by atoms with E-state index in [2.05, 4.69) is 0 Å². The van der Waals surface area contributed by atoms with Crippen LogP contribution >= 0.6 is 11.6 Å². The molecule has 0 unspecified atom stereocenters. The maximum atomic E-state index is 13.8. The van der Waals surface area contributed by atoms with Crippen LogP contribution in [0.25, 0.3) is 0 Å². The Balaban J connectivity index is 3.30. The third kappa shape index (κ3) is 2.61. The van der Waals surface area contributed by atoms with Crippen LogP contribution in [0.4, 0.5) is 4.39 Å². The van der Waals surface area contributed by atoms with E-state index in [1.165, 1.54) is 12.2 Å². The zero-order chi connectivity index (χ0) is 12.3. The minimum Gasteiger partial charge on any atom is -0.369 e. The Kier molecular flexibility index (Phi) is 3.70. The monoisotopic (exact) mass is 241 g/mol. The van der Waals surface area contributed by atoms with Crippen molar-refractivity contribution in [2.75, 3.05) is 0 Å². The van der Waals surface area contributed by atoms with Crippen LogP contribution in [-0.2, 0) is 4.79 Å². The minimum absolute atomic E-state index is 0.225. The molecule has 0 aromatic heterocycles. The molecule has 16 heavy (non-hydrogen) atoms. The van der Waals surface area contributed by atoms with E-state index in [-0.39, 0.29) is 10.6 Å². The molecule has 4 heteroatoms. The number of halogens is 2. The van der Waals surface area contributed by atoms with Crippen molar-refractivity contribution >= 4 is 17.5 Å². The Morgan fingerprint density at radius 1 is 1.38 bits per heavy atom. The number of rotatable bonds is 2. The fraction of sp³-hybridized carbons (Fsp3) is 0.250. The van der Waals surface area contributed by atoms with Gasteiger partial charge in [0, 0.05) is 10.6 Å². The first-order chi connectivity index (χ1) is 7.35. The van der Waals surface area contributed by atoms with Gasteiger partial charge in [-0.15, -0.1) is 0 Å². The van der Waals surface area contributed by atoms with Crippen molar-refractivity contribution in [1.82, 2.24) is 0 Å². The number of nitrogens with two attached hydrogens (primary N) is 1. The number of hydrogen-bond acceptors (Lipinski definition) is 1. The van der Waals surface area contributed by atoms with E-state index in [0.29, 0.717) is 0 Å². The highest BCUT2D eigenvalue weighted by Crippen LogP contribution is 2.32. The van der Waals surface area contributed by atoms with Crippen molar-refractivity contribution in [3.05, 3.63) is 46.8 Å². The number of carbonyl (C=O) groups excluding carboxylic acids is 1. The molecular formula is C12H13ClFNO. The lowest BCUT2D eigenvalue weighted by atomic mass is 9.82. The Bertz CT molecular complexity index is 430. The van der Waals surface area contributed by atoms with Gasteiger partial charge in [-0.3, -0.25) is 4.79 Å². The van der Waals surface area contributed by atoms with Gasteiger partial charge < -0.3 is 5.73 Å². The first-order valence-corrected chi connectivity index (χ1v) is 5.15. The molecule has 1 aliphatic rings. The molecule has 1 rings (SSSR count). The quantitative estimate of drug-likeness (QED) is 0.794. The fourth-order valence-corrected chi connectivity index (χ4v) is 1.43. The molecule has 0 saturated carbocycles. The summed E-state index contributed by atoms with van der Waals surface area (Å²) in [6.45, 7) is 3.14. The van der Waals surface area contributed by atoms with E-state index in [1.54, 1.807) is 32.1 Å². The van der Waals surface area contributed by atoms with Crippen LogP contribution in [0.15, 0.2) is 46.8 Å². The summed E-state index contributed by atoms with van der Waals surface area (Å²) in [5.74, 6) is -1.13. The largest absolute Gasteiger partial charge is 0.369 e. The van der Waals surface area contributed by atoms with Crippen LogP contribution < -0.4 is 5.73 Å². The number of hydrogen-bond donors (Lipinski definition) is 1. The zero-order valence-electron chi connectivity index (χ0n) is 9.13. The summed E-state index contributed by atoms with van der Waals surface area (Å²) >= 11 is 5.73. The number of amides is 1. The van der Waals surface area contributed by atoms with Gasteiger partial charge in [0.15, 0.2) is 0 Å². The molecule has 0 aromatic carbocycles. The smallest absolute Gasteiger partial charge is 0.227 e. The second-order valence-corrected chi connectivity index (χ2v) is 4.43. The molecule has 0 bridgehead atoms. The predicted octanol–water partition coefficient (Wildman–Crippen LogP) is 2.97. The number of allylic oxidation sites excluding steroid dienone is 7. The summed E-state index contributed by atoms with van der Waals surface area (Å²) in [5.41, 5.74) is 4.40. The zero-order valence-corrected chi connectivity index (χ0v) is 9.88. The molecule has 0 aromatic rings. The molecular weight excluding hydrogens is 229 g/mol. The van der Waals surface area contributed by atoms with E-state index < -0.39 is 17.1 Å².